The number of aromatic nitrogens is 2. The van der Waals surface area contributed by atoms with E-state index in [1.54, 1.807) is 27.4 Å². The average molecular weight is 482 g/mol. The Morgan fingerprint density at radius 3 is 2.35 bits per heavy atom. The maximum atomic E-state index is 13.1. The number of amides is 1. The topological polar surface area (TPSA) is 99.8 Å². The van der Waals surface area contributed by atoms with Crippen molar-refractivity contribution in [3.63, 3.8) is 0 Å². The Hall–Kier alpha value is -3.24. The Bertz CT molecular complexity index is 1260. The van der Waals surface area contributed by atoms with E-state index in [2.05, 4.69) is 15.1 Å². The van der Waals surface area contributed by atoms with Crippen molar-refractivity contribution in [2.75, 3.05) is 44.2 Å². The Morgan fingerprint density at radius 2 is 1.71 bits per heavy atom. The fourth-order valence-corrected chi connectivity index (χ4v) is 6.22. The number of furan rings is 1. The molecule has 2 aliphatic rings. The molecule has 10 heteroatoms. The minimum absolute atomic E-state index is 0.106. The van der Waals surface area contributed by atoms with E-state index in [-0.39, 0.29) is 5.91 Å². The van der Waals surface area contributed by atoms with Gasteiger partial charge < -0.3 is 14.2 Å². The van der Waals surface area contributed by atoms with Crippen molar-refractivity contribution in [2.24, 2.45) is 0 Å². The molecule has 0 bridgehead atoms. The van der Waals surface area contributed by atoms with Crippen LogP contribution in [0, 0.1) is 6.92 Å². The minimum Gasteiger partial charge on any atom is -0.459 e. The largest absolute Gasteiger partial charge is 0.459 e. The molecule has 0 spiro atoms. The summed E-state index contributed by atoms with van der Waals surface area (Å²) in [6.07, 6.45) is 3.30. The minimum atomic E-state index is -3.52. The van der Waals surface area contributed by atoms with Gasteiger partial charge in [0.15, 0.2) is 11.6 Å². The smallest absolute Gasteiger partial charge is 0.289 e. The zero-order valence-corrected chi connectivity index (χ0v) is 19.9. The summed E-state index contributed by atoms with van der Waals surface area (Å²) in [5.74, 6) is 0.970. The first-order chi connectivity index (χ1) is 16.4. The lowest BCUT2D eigenvalue weighted by Crippen LogP contribution is -2.49. The van der Waals surface area contributed by atoms with Crippen LogP contribution in [-0.2, 0) is 10.0 Å². The molecule has 34 heavy (non-hydrogen) atoms. The fraction of sp³-hybridized carbons (Fsp3) is 0.375. The number of hydrogen-bond acceptors (Lipinski definition) is 7. The van der Waals surface area contributed by atoms with Gasteiger partial charge in [0.05, 0.1) is 16.9 Å². The average Bonchev–Trinajstić information content (AvgIpc) is 3.59. The van der Waals surface area contributed by atoms with E-state index in [0.717, 1.165) is 29.8 Å². The summed E-state index contributed by atoms with van der Waals surface area (Å²) in [5, 5.41) is 8.76. The monoisotopic (exact) mass is 481 g/mol. The van der Waals surface area contributed by atoms with Gasteiger partial charge in [-0.3, -0.25) is 4.79 Å². The molecular formula is C24H27N5O4S. The number of sulfonamides is 1. The number of rotatable bonds is 5. The van der Waals surface area contributed by atoms with E-state index in [1.807, 2.05) is 31.2 Å². The number of aryl methyl sites for hydroxylation is 1. The van der Waals surface area contributed by atoms with Gasteiger partial charge in [0.1, 0.15) is 0 Å². The van der Waals surface area contributed by atoms with Crippen molar-refractivity contribution in [3.05, 3.63) is 60.1 Å². The van der Waals surface area contributed by atoms with Crippen LogP contribution in [0.2, 0.25) is 0 Å². The first kappa shape index (κ1) is 22.5. The third-order valence-corrected chi connectivity index (χ3v) is 8.48. The molecule has 2 saturated heterocycles. The van der Waals surface area contributed by atoms with E-state index in [1.165, 1.54) is 6.26 Å². The second-order valence-corrected chi connectivity index (χ2v) is 10.5. The molecule has 0 saturated carbocycles. The molecular weight excluding hydrogens is 454 g/mol. The highest BCUT2D eigenvalue weighted by Gasteiger charge is 2.29. The van der Waals surface area contributed by atoms with Crippen LogP contribution < -0.4 is 4.90 Å². The van der Waals surface area contributed by atoms with Gasteiger partial charge in [0.2, 0.25) is 10.0 Å². The number of nitrogens with zero attached hydrogens (tertiary/aromatic N) is 5. The molecule has 0 unspecified atom stereocenters. The van der Waals surface area contributed by atoms with Gasteiger partial charge in [-0.25, -0.2) is 8.42 Å². The van der Waals surface area contributed by atoms with Gasteiger partial charge in [-0.2, -0.15) is 4.31 Å². The molecule has 5 rings (SSSR count). The lowest BCUT2D eigenvalue weighted by molar-refractivity contribution is 0.0714. The van der Waals surface area contributed by atoms with E-state index in [0.29, 0.717) is 55.6 Å². The van der Waals surface area contributed by atoms with Crippen LogP contribution >= 0.6 is 0 Å². The van der Waals surface area contributed by atoms with Crippen LogP contribution in [0.5, 0.6) is 0 Å². The quantitative estimate of drug-likeness (QED) is 0.552. The molecule has 1 amide bonds. The molecule has 2 aliphatic heterocycles. The van der Waals surface area contributed by atoms with Crippen molar-refractivity contribution in [3.8, 4) is 11.3 Å². The van der Waals surface area contributed by atoms with Crippen LogP contribution in [0.25, 0.3) is 11.3 Å². The van der Waals surface area contributed by atoms with Gasteiger partial charge in [-0.1, -0.05) is 12.1 Å². The number of piperazine rings is 1. The Morgan fingerprint density at radius 1 is 0.941 bits per heavy atom. The first-order valence-corrected chi connectivity index (χ1v) is 12.9. The third-order valence-electron chi connectivity index (χ3n) is 6.44. The van der Waals surface area contributed by atoms with Crippen LogP contribution in [-0.4, -0.2) is 73.0 Å². The fourth-order valence-electron chi connectivity index (χ4n) is 4.45. The molecule has 4 heterocycles. The molecule has 9 nitrogen and oxygen atoms in total. The van der Waals surface area contributed by atoms with Crippen LogP contribution in [0.1, 0.15) is 29.0 Å². The third kappa shape index (κ3) is 4.30. The van der Waals surface area contributed by atoms with Gasteiger partial charge in [-0.15, -0.1) is 10.2 Å². The van der Waals surface area contributed by atoms with Gasteiger partial charge in [-0.05, 0) is 55.7 Å². The highest BCUT2D eigenvalue weighted by Crippen LogP contribution is 2.28. The SMILES string of the molecule is Cc1ccc(-c2ccc(N3CCN(C(=O)c4ccco4)CC3)nn2)cc1S(=O)(=O)N1CCCC1. The molecule has 2 fully saturated rings. The number of benzene rings is 1. The van der Waals surface area contributed by atoms with Crippen LogP contribution in [0.3, 0.4) is 0 Å². The molecule has 2 aromatic heterocycles. The summed E-state index contributed by atoms with van der Waals surface area (Å²) >= 11 is 0. The maximum absolute atomic E-state index is 13.1. The van der Waals surface area contributed by atoms with Crippen molar-refractivity contribution in [1.29, 1.82) is 0 Å². The van der Waals surface area contributed by atoms with Crippen LogP contribution in [0.15, 0.2) is 58.0 Å². The Balaban J connectivity index is 1.29. The van der Waals surface area contributed by atoms with Crippen molar-refractivity contribution >= 4 is 21.7 Å². The van der Waals surface area contributed by atoms with Crippen molar-refractivity contribution in [1.82, 2.24) is 19.4 Å². The number of carbonyl (C=O) groups excluding carboxylic acids is 1. The summed E-state index contributed by atoms with van der Waals surface area (Å²) in [4.78, 5) is 16.6. The van der Waals surface area contributed by atoms with Crippen molar-refractivity contribution in [2.45, 2.75) is 24.7 Å². The molecule has 3 aromatic rings. The molecule has 0 aliphatic carbocycles. The van der Waals surface area contributed by atoms with Gasteiger partial charge in [0.25, 0.3) is 5.91 Å². The molecule has 0 radical (unpaired) electrons. The van der Waals surface area contributed by atoms with Crippen LogP contribution in [0.4, 0.5) is 5.82 Å². The number of hydrogen-bond donors (Lipinski definition) is 0. The van der Waals surface area contributed by atoms with Crippen molar-refractivity contribution < 1.29 is 17.6 Å². The predicted molar refractivity (Wildman–Crippen MR) is 127 cm³/mol. The maximum Gasteiger partial charge on any atom is 0.289 e. The summed E-state index contributed by atoms with van der Waals surface area (Å²) < 4.78 is 33.0. The zero-order valence-electron chi connectivity index (χ0n) is 19.1. The highest BCUT2D eigenvalue weighted by atomic mass is 32.2. The molecule has 1 aromatic carbocycles. The number of anilines is 1. The predicted octanol–water partition coefficient (Wildman–Crippen LogP) is 2.79. The second kappa shape index (κ2) is 9.19. The van der Waals surface area contributed by atoms with E-state index >= 15 is 0 Å². The molecule has 0 atom stereocenters. The molecule has 178 valence electrons. The van der Waals surface area contributed by atoms with E-state index < -0.39 is 10.0 Å². The van der Waals surface area contributed by atoms with E-state index in [9.17, 15) is 13.2 Å². The normalized spacial score (nSPS) is 17.3. The van der Waals surface area contributed by atoms with E-state index in [4.69, 9.17) is 4.42 Å². The summed E-state index contributed by atoms with van der Waals surface area (Å²) in [5.41, 5.74) is 2.06. The zero-order chi connectivity index (χ0) is 23.7. The Labute approximate surface area is 199 Å². The van der Waals surface area contributed by atoms with Gasteiger partial charge >= 0.3 is 0 Å². The van der Waals surface area contributed by atoms with Gasteiger partial charge in [0, 0.05) is 44.8 Å². The summed E-state index contributed by atoms with van der Waals surface area (Å²) in [6.45, 7) is 5.38. The first-order valence-electron chi connectivity index (χ1n) is 11.5. The lowest BCUT2D eigenvalue weighted by atomic mass is 10.1. The standard InChI is InChI=1S/C24H27N5O4S/c1-18-6-7-19(17-22(18)34(31,32)29-10-2-3-11-29)20-8-9-23(26-25-20)27-12-14-28(15-13-27)24(30)21-5-4-16-33-21/h4-9,16-17H,2-3,10-15H2,1H3. The summed E-state index contributed by atoms with van der Waals surface area (Å²) in [6, 6.07) is 12.5. The number of carbonyl (C=O) groups is 1. The summed E-state index contributed by atoms with van der Waals surface area (Å²) in [7, 11) is -3.52. The second-order valence-electron chi connectivity index (χ2n) is 8.62. The molecule has 0 N–H and O–H groups in total. The lowest BCUT2D eigenvalue weighted by Gasteiger charge is -2.34. The highest BCUT2D eigenvalue weighted by molar-refractivity contribution is 7.89. The Kier molecular flexibility index (Phi) is 6.09.